The van der Waals surface area contributed by atoms with Crippen LogP contribution in [-0.4, -0.2) is 24.0 Å². The molecule has 3 aromatic rings. The summed E-state index contributed by atoms with van der Waals surface area (Å²) in [6.07, 6.45) is -0.172. The summed E-state index contributed by atoms with van der Waals surface area (Å²) < 4.78 is 11.1. The third kappa shape index (κ3) is 4.37. The normalized spacial score (nSPS) is 18.8. The Labute approximate surface area is 188 Å². The number of hydrogen-bond acceptors (Lipinski definition) is 4. The van der Waals surface area contributed by atoms with Gasteiger partial charge in [-0.15, -0.1) is 0 Å². The van der Waals surface area contributed by atoms with Crippen LogP contribution in [-0.2, 0) is 9.53 Å². The molecule has 0 aliphatic carbocycles. The van der Waals surface area contributed by atoms with E-state index in [9.17, 15) is 9.59 Å². The van der Waals surface area contributed by atoms with E-state index in [2.05, 4.69) is 0 Å². The van der Waals surface area contributed by atoms with Crippen molar-refractivity contribution in [2.75, 3.05) is 7.11 Å². The van der Waals surface area contributed by atoms with E-state index in [0.717, 1.165) is 28.9 Å². The fourth-order valence-corrected chi connectivity index (χ4v) is 4.31. The van der Waals surface area contributed by atoms with Gasteiger partial charge in [-0.2, -0.15) is 0 Å². The van der Waals surface area contributed by atoms with Gasteiger partial charge in [0.15, 0.2) is 6.10 Å². The first-order valence-corrected chi connectivity index (χ1v) is 10.9. The molecule has 1 fully saturated rings. The highest BCUT2D eigenvalue weighted by Gasteiger charge is 2.47. The van der Waals surface area contributed by atoms with Crippen LogP contribution < -0.4 is 4.74 Å². The minimum Gasteiger partial charge on any atom is -0.497 e. The largest absolute Gasteiger partial charge is 0.497 e. The smallest absolute Gasteiger partial charge is 0.417 e. The molecular weight excluding hydrogens is 402 g/mol. The van der Waals surface area contributed by atoms with Gasteiger partial charge < -0.3 is 9.47 Å². The van der Waals surface area contributed by atoms with Crippen LogP contribution in [0.15, 0.2) is 84.9 Å². The van der Waals surface area contributed by atoms with Crippen LogP contribution in [0.2, 0.25) is 0 Å². The summed E-state index contributed by atoms with van der Waals surface area (Å²) in [6.45, 7) is 2.04. The minimum atomic E-state index is -0.599. The molecule has 0 aromatic heterocycles. The minimum absolute atomic E-state index is 0.0300. The van der Waals surface area contributed by atoms with Crippen molar-refractivity contribution < 1.29 is 19.1 Å². The molecule has 3 atom stereocenters. The summed E-state index contributed by atoms with van der Waals surface area (Å²) in [7, 11) is 1.62. The second-order valence-electron chi connectivity index (χ2n) is 7.92. The predicted molar refractivity (Wildman–Crippen MR) is 122 cm³/mol. The molecule has 3 unspecified atom stereocenters. The highest BCUT2D eigenvalue weighted by atomic mass is 16.6. The maximum atomic E-state index is 13.5. The molecule has 0 bridgehead atoms. The van der Waals surface area contributed by atoms with Gasteiger partial charge in [-0.05, 0) is 41.2 Å². The van der Waals surface area contributed by atoms with E-state index in [0.29, 0.717) is 0 Å². The van der Waals surface area contributed by atoms with Crippen LogP contribution in [0.3, 0.4) is 0 Å². The average Bonchev–Trinajstić information content (AvgIpc) is 3.20. The molecule has 0 saturated carbocycles. The Balaban J connectivity index is 1.65. The van der Waals surface area contributed by atoms with Gasteiger partial charge in [0.1, 0.15) is 11.8 Å². The van der Waals surface area contributed by atoms with Crippen LogP contribution in [0, 0.1) is 0 Å². The Morgan fingerprint density at radius 3 is 2.25 bits per heavy atom. The van der Waals surface area contributed by atoms with Crippen molar-refractivity contribution in [1.82, 2.24) is 4.90 Å². The van der Waals surface area contributed by atoms with Gasteiger partial charge in [0.25, 0.3) is 0 Å². The molecular formula is C27H27NO4. The zero-order chi connectivity index (χ0) is 22.5. The third-order valence-electron chi connectivity index (χ3n) is 6.01. The molecule has 0 radical (unpaired) electrons. The van der Waals surface area contributed by atoms with Gasteiger partial charge in [0, 0.05) is 6.42 Å². The molecule has 1 heterocycles. The number of imide groups is 1. The van der Waals surface area contributed by atoms with Crippen LogP contribution in [0.25, 0.3) is 0 Å². The number of benzene rings is 3. The number of amides is 2. The van der Waals surface area contributed by atoms with E-state index >= 15 is 0 Å². The topological polar surface area (TPSA) is 55.8 Å². The van der Waals surface area contributed by atoms with Crippen LogP contribution in [0.1, 0.15) is 54.5 Å². The number of hydrogen-bond donors (Lipinski definition) is 0. The van der Waals surface area contributed by atoms with Gasteiger partial charge >= 0.3 is 6.09 Å². The highest BCUT2D eigenvalue weighted by molar-refractivity contribution is 5.94. The van der Waals surface area contributed by atoms with E-state index in [1.807, 2.05) is 91.9 Å². The van der Waals surface area contributed by atoms with E-state index in [4.69, 9.17) is 9.47 Å². The summed E-state index contributed by atoms with van der Waals surface area (Å²) >= 11 is 0. The number of carbonyl (C=O) groups excluding carboxylic acids is 2. The Bertz CT molecular complexity index is 1070. The number of carbonyl (C=O) groups is 2. The molecule has 5 nitrogen and oxygen atoms in total. The Morgan fingerprint density at radius 2 is 1.62 bits per heavy atom. The van der Waals surface area contributed by atoms with Crippen molar-refractivity contribution in [1.29, 1.82) is 0 Å². The lowest BCUT2D eigenvalue weighted by atomic mass is 9.91. The number of ether oxygens (including phenoxy) is 2. The molecule has 4 rings (SSSR count). The average molecular weight is 430 g/mol. The molecule has 3 aromatic carbocycles. The van der Waals surface area contributed by atoms with E-state index in [1.165, 1.54) is 4.90 Å². The summed E-state index contributed by atoms with van der Waals surface area (Å²) in [6, 6.07) is 26.4. The van der Waals surface area contributed by atoms with Gasteiger partial charge in [0.05, 0.1) is 7.11 Å². The number of nitrogens with zero attached hydrogens (tertiary/aromatic N) is 1. The molecule has 32 heavy (non-hydrogen) atoms. The van der Waals surface area contributed by atoms with Crippen LogP contribution >= 0.6 is 0 Å². The van der Waals surface area contributed by atoms with Crippen molar-refractivity contribution in [3.8, 4) is 5.75 Å². The molecule has 1 aliphatic rings. The molecule has 2 amide bonds. The Morgan fingerprint density at radius 1 is 0.969 bits per heavy atom. The molecule has 1 saturated heterocycles. The summed E-state index contributed by atoms with van der Waals surface area (Å²) in [5.41, 5.74) is 2.75. The Kier molecular flexibility index (Phi) is 6.55. The van der Waals surface area contributed by atoms with E-state index < -0.39 is 18.2 Å². The summed E-state index contributed by atoms with van der Waals surface area (Å²) in [4.78, 5) is 27.8. The third-order valence-corrected chi connectivity index (χ3v) is 6.01. The van der Waals surface area contributed by atoms with Gasteiger partial charge in [0.2, 0.25) is 5.91 Å². The first kappa shape index (κ1) is 21.6. The maximum absolute atomic E-state index is 13.5. The van der Waals surface area contributed by atoms with Gasteiger partial charge in [-0.25, -0.2) is 9.69 Å². The van der Waals surface area contributed by atoms with Gasteiger partial charge in [-0.3, -0.25) is 4.79 Å². The van der Waals surface area contributed by atoms with E-state index in [-0.39, 0.29) is 18.2 Å². The lowest BCUT2D eigenvalue weighted by Gasteiger charge is -2.25. The lowest BCUT2D eigenvalue weighted by molar-refractivity contribution is -0.129. The molecule has 164 valence electrons. The molecule has 1 aliphatic heterocycles. The first-order valence-electron chi connectivity index (χ1n) is 10.9. The van der Waals surface area contributed by atoms with Crippen molar-refractivity contribution in [3.63, 3.8) is 0 Å². The first-order chi connectivity index (χ1) is 15.6. The number of methoxy groups -OCH3 is 1. The van der Waals surface area contributed by atoms with Crippen LogP contribution in [0.4, 0.5) is 4.79 Å². The van der Waals surface area contributed by atoms with Gasteiger partial charge in [-0.1, -0.05) is 79.7 Å². The fraction of sp³-hybridized carbons (Fsp3) is 0.259. The second-order valence-corrected chi connectivity index (χ2v) is 7.92. The lowest BCUT2D eigenvalue weighted by Crippen LogP contribution is -2.35. The van der Waals surface area contributed by atoms with Crippen molar-refractivity contribution in [2.45, 2.75) is 37.8 Å². The fourth-order valence-electron chi connectivity index (χ4n) is 4.31. The SMILES string of the molecule is CCC(CC(=O)N1C(=O)OC(c2ccccc2)C1c1ccccc1)c1cccc(OC)c1. The van der Waals surface area contributed by atoms with Crippen molar-refractivity contribution >= 4 is 12.0 Å². The summed E-state index contributed by atoms with van der Waals surface area (Å²) in [5, 5.41) is 0. The second kappa shape index (κ2) is 9.69. The van der Waals surface area contributed by atoms with Crippen molar-refractivity contribution in [2.24, 2.45) is 0 Å². The zero-order valence-electron chi connectivity index (χ0n) is 18.3. The molecule has 0 spiro atoms. The predicted octanol–water partition coefficient (Wildman–Crippen LogP) is 6.04. The number of rotatable bonds is 7. The van der Waals surface area contributed by atoms with Crippen molar-refractivity contribution in [3.05, 3.63) is 102 Å². The van der Waals surface area contributed by atoms with Crippen LogP contribution in [0.5, 0.6) is 5.75 Å². The maximum Gasteiger partial charge on any atom is 0.417 e. The zero-order valence-corrected chi connectivity index (χ0v) is 18.3. The molecule has 0 N–H and O–H groups in total. The molecule has 5 heteroatoms. The number of cyclic esters (lactones) is 1. The standard InChI is InChI=1S/C27H27NO4/c1-3-19(22-15-10-16-23(17-22)31-2)18-24(29)28-25(20-11-6-4-7-12-20)26(32-27(28)30)21-13-8-5-9-14-21/h4-17,19,25-26H,3,18H2,1-2H3. The summed E-state index contributed by atoms with van der Waals surface area (Å²) in [5.74, 6) is 0.481. The highest BCUT2D eigenvalue weighted by Crippen LogP contribution is 2.44. The monoisotopic (exact) mass is 429 g/mol. The Hall–Kier alpha value is -3.60. The quantitative estimate of drug-likeness (QED) is 0.459. The van der Waals surface area contributed by atoms with E-state index in [1.54, 1.807) is 7.11 Å².